The van der Waals surface area contributed by atoms with Crippen molar-refractivity contribution >= 4 is 11.5 Å². The van der Waals surface area contributed by atoms with Crippen LogP contribution in [-0.2, 0) is 5.41 Å². The fourth-order valence-electron chi connectivity index (χ4n) is 1.20. The Bertz CT molecular complexity index is 331. The van der Waals surface area contributed by atoms with E-state index < -0.39 is 0 Å². The van der Waals surface area contributed by atoms with Crippen molar-refractivity contribution in [3.63, 3.8) is 0 Å². The summed E-state index contributed by atoms with van der Waals surface area (Å²) in [5.41, 5.74) is -0.00267. The number of aromatic nitrogens is 2. The van der Waals surface area contributed by atoms with Crippen molar-refractivity contribution in [2.24, 2.45) is 0 Å². The van der Waals surface area contributed by atoms with Gasteiger partial charge in [-0.25, -0.2) is 0 Å². The highest BCUT2D eigenvalue weighted by Gasteiger charge is 2.19. The Morgan fingerprint density at radius 1 is 1.35 bits per heavy atom. The van der Waals surface area contributed by atoms with Crippen LogP contribution in [0.1, 0.15) is 46.9 Å². The fourth-order valence-corrected chi connectivity index (χ4v) is 1.94. The minimum atomic E-state index is -0.00267. The van der Waals surface area contributed by atoms with E-state index in [1.807, 2.05) is 0 Å². The van der Waals surface area contributed by atoms with Gasteiger partial charge in [0.1, 0.15) is 0 Å². The second kappa shape index (κ2) is 6.31. The number of rotatable bonds is 6. The van der Waals surface area contributed by atoms with Crippen molar-refractivity contribution in [2.75, 3.05) is 13.2 Å². The van der Waals surface area contributed by atoms with Crippen molar-refractivity contribution in [1.29, 1.82) is 0 Å². The van der Waals surface area contributed by atoms with Crippen molar-refractivity contribution in [1.82, 2.24) is 14.7 Å². The topological polar surface area (TPSA) is 47.0 Å². The molecule has 4 nitrogen and oxygen atoms in total. The summed E-state index contributed by atoms with van der Waals surface area (Å²) in [7, 11) is 0. The summed E-state index contributed by atoms with van der Waals surface area (Å²) in [6.45, 7) is 12.3. The van der Waals surface area contributed by atoms with Gasteiger partial charge in [-0.1, -0.05) is 34.6 Å². The Hall–Kier alpha value is -0.680. The van der Waals surface area contributed by atoms with Crippen LogP contribution in [0.5, 0.6) is 5.19 Å². The molecule has 0 saturated heterocycles. The zero-order valence-electron chi connectivity index (χ0n) is 11.4. The molecule has 0 saturated carbocycles. The van der Waals surface area contributed by atoms with Gasteiger partial charge in [0.2, 0.25) is 0 Å². The van der Waals surface area contributed by atoms with Crippen molar-refractivity contribution < 1.29 is 4.74 Å². The number of nitrogens with one attached hydrogen (secondary N) is 1. The molecular weight excluding hydrogens is 234 g/mol. The molecule has 1 N–H and O–H groups in total. The van der Waals surface area contributed by atoms with Crippen LogP contribution in [0.2, 0.25) is 0 Å². The summed E-state index contributed by atoms with van der Waals surface area (Å²) in [5, 5.41) is 4.03. The van der Waals surface area contributed by atoms with Crippen LogP contribution in [0.3, 0.4) is 0 Å². The number of ether oxygens (including phenoxy) is 1. The summed E-state index contributed by atoms with van der Waals surface area (Å²) >= 11 is 1.34. The third kappa shape index (κ3) is 5.46. The summed E-state index contributed by atoms with van der Waals surface area (Å²) in [6.07, 6.45) is 0.989. The first-order chi connectivity index (χ1) is 7.89. The van der Waals surface area contributed by atoms with Crippen LogP contribution in [0, 0.1) is 0 Å². The molecule has 0 unspecified atom stereocenters. The summed E-state index contributed by atoms with van der Waals surface area (Å²) in [5.74, 6) is 0.859. The predicted octanol–water partition coefficient (Wildman–Crippen LogP) is 2.60. The van der Waals surface area contributed by atoms with Gasteiger partial charge < -0.3 is 10.1 Å². The number of hydrogen-bond acceptors (Lipinski definition) is 5. The highest BCUT2D eigenvalue weighted by atomic mass is 32.1. The van der Waals surface area contributed by atoms with Crippen LogP contribution < -0.4 is 10.1 Å². The lowest BCUT2D eigenvalue weighted by Gasteiger charge is -2.12. The molecule has 1 rings (SSSR count). The van der Waals surface area contributed by atoms with E-state index in [2.05, 4.69) is 49.3 Å². The number of hydrogen-bond donors (Lipinski definition) is 1. The lowest BCUT2D eigenvalue weighted by atomic mass is 9.96. The predicted molar refractivity (Wildman–Crippen MR) is 71.9 cm³/mol. The molecule has 0 bridgehead atoms. The Kier molecular flexibility index (Phi) is 5.33. The maximum absolute atomic E-state index is 5.57. The molecule has 0 atom stereocenters. The fraction of sp³-hybridized carbons (Fsp3) is 0.833. The molecule has 0 aromatic carbocycles. The van der Waals surface area contributed by atoms with Crippen LogP contribution in [-0.4, -0.2) is 28.6 Å². The van der Waals surface area contributed by atoms with E-state index in [9.17, 15) is 0 Å². The van der Waals surface area contributed by atoms with Gasteiger partial charge in [0, 0.05) is 23.0 Å². The van der Waals surface area contributed by atoms with Gasteiger partial charge in [-0.3, -0.25) is 0 Å². The lowest BCUT2D eigenvalue weighted by Crippen LogP contribution is -2.24. The van der Waals surface area contributed by atoms with Crippen molar-refractivity contribution in [3.05, 3.63) is 5.82 Å². The normalized spacial score (nSPS) is 12.1. The molecule has 0 aliphatic carbocycles. The Morgan fingerprint density at radius 3 is 2.59 bits per heavy atom. The maximum atomic E-state index is 5.57. The molecule has 98 valence electrons. The van der Waals surface area contributed by atoms with Gasteiger partial charge in [0.25, 0.3) is 5.19 Å². The average molecular weight is 257 g/mol. The van der Waals surface area contributed by atoms with Gasteiger partial charge in [-0.05, 0) is 13.0 Å². The molecule has 1 aromatic heterocycles. The molecule has 0 fully saturated rings. The summed E-state index contributed by atoms with van der Waals surface area (Å²) < 4.78 is 9.87. The van der Waals surface area contributed by atoms with Gasteiger partial charge >= 0.3 is 0 Å². The van der Waals surface area contributed by atoms with Gasteiger partial charge in [0.15, 0.2) is 5.82 Å². The molecule has 1 aromatic rings. The van der Waals surface area contributed by atoms with Gasteiger partial charge in [-0.2, -0.15) is 9.36 Å². The van der Waals surface area contributed by atoms with Gasteiger partial charge in [-0.15, -0.1) is 0 Å². The van der Waals surface area contributed by atoms with E-state index in [1.54, 1.807) is 0 Å². The Labute approximate surface area is 108 Å². The maximum Gasteiger partial charge on any atom is 0.293 e. The van der Waals surface area contributed by atoms with E-state index in [4.69, 9.17) is 4.74 Å². The third-order valence-corrected chi connectivity index (χ3v) is 2.81. The zero-order valence-corrected chi connectivity index (χ0v) is 12.2. The second-order valence-corrected chi connectivity index (χ2v) is 6.16. The van der Waals surface area contributed by atoms with Crippen LogP contribution >= 0.6 is 11.5 Å². The largest absolute Gasteiger partial charge is 0.469 e. The Morgan fingerprint density at radius 2 is 2.06 bits per heavy atom. The molecule has 0 amide bonds. The molecule has 5 heteroatoms. The van der Waals surface area contributed by atoms with E-state index in [0.29, 0.717) is 17.8 Å². The molecular formula is C12H23N3OS. The lowest BCUT2D eigenvalue weighted by molar-refractivity contribution is 0.303. The van der Waals surface area contributed by atoms with E-state index in [0.717, 1.165) is 18.8 Å². The van der Waals surface area contributed by atoms with Gasteiger partial charge in [0.05, 0.1) is 6.61 Å². The summed E-state index contributed by atoms with van der Waals surface area (Å²) in [6, 6.07) is 0.532. The minimum absolute atomic E-state index is 0.00267. The zero-order chi connectivity index (χ0) is 12.9. The van der Waals surface area contributed by atoms with Crippen molar-refractivity contribution in [2.45, 2.75) is 52.5 Å². The monoisotopic (exact) mass is 257 g/mol. The molecule has 17 heavy (non-hydrogen) atoms. The Balaban J connectivity index is 2.26. The van der Waals surface area contributed by atoms with E-state index in [-0.39, 0.29) is 5.41 Å². The molecule has 0 radical (unpaired) electrons. The first kappa shape index (κ1) is 14.4. The molecule has 1 heterocycles. The number of nitrogens with zero attached hydrogens (tertiary/aromatic N) is 2. The van der Waals surface area contributed by atoms with E-state index >= 15 is 0 Å². The molecule has 0 aliphatic heterocycles. The second-order valence-electron chi connectivity index (χ2n) is 5.44. The quantitative estimate of drug-likeness (QED) is 0.796. The smallest absolute Gasteiger partial charge is 0.293 e. The molecule has 0 aliphatic rings. The summed E-state index contributed by atoms with van der Waals surface area (Å²) in [4.78, 5) is 4.38. The minimum Gasteiger partial charge on any atom is -0.469 e. The standard InChI is InChI=1S/C12H23N3OS/c1-9(2)13-7-6-8-16-11-14-10(15-17-11)12(3,4)5/h9,13H,6-8H2,1-5H3. The van der Waals surface area contributed by atoms with Crippen LogP contribution in [0.15, 0.2) is 0 Å². The highest BCUT2D eigenvalue weighted by Crippen LogP contribution is 2.24. The molecule has 0 spiro atoms. The average Bonchev–Trinajstić information content (AvgIpc) is 2.64. The van der Waals surface area contributed by atoms with E-state index in [1.165, 1.54) is 11.5 Å². The third-order valence-electron chi connectivity index (χ3n) is 2.18. The van der Waals surface area contributed by atoms with Crippen LogP contribution in [0.25, 0.3) is 0 Å². The first-order valence-corrected chi connectivity index (χ1v) is 6.87. The first-order valence-electron chi connectivity index (χ1n) is 6.10. The highest BCUT2D eigenvalue weighted by molar-refractivity contribution is 7.07. The van der Waals surface area contributed by atoms with Crippen LogP contribution in [0.4, 0.5) is 0 Å². The van der Waals surface area contributed by atoms with Crippen molar-refractivity contribution in [3.8, 4) is 5.19 Å². The SMILES string of the molecule is CC(C)NCCCOc1nc(C(C)(C)C)ns1.